The van der Waals surface area contributed by atoms with Gasteiger partial charge in [0.15, 0.2) is 0 Å². The summed E-state index contributed by atoms with van der Waals surface area (Å²) in [5.41, 5.74) is 11.1. The Morgan fingerprint density at radius 1 is 0.519 bits per heavy atom. The van der Waals surface area contributed by atoms with Crippen molar-refractivity contribution in [1.29, 1.82) is 0 Å². The van der Waals surface area contributed by atoms with Crippen molar-refractivity contribution in [1.82, 2.24) is 14.1 Å². The van der Waals surface area contributed by atoms with Crippen molar-refractivity contribution in [2.45, 2.75) is 105 Å². The van der Waals surface area contributed by atoms with Crippen LogP contribution in [0.1, 0.15) is 117 Å². The zero-order valence-electron chi connectivity index (χ0n) is 58.5. The normalized spacial score (nSPS) is 17.0. The molecular formula is C76H68N4O. The molecule has 0 N–H and O–H groups in total. The van der Waals surface area contributed by atoms with Gasteiger partial charge in [-0.1, -0.05) is 164 Å². The summed E-state index contributed by atoms with van der Waals surface area (Å²) < 4.78 is 121. The van der Waals surface area contributed by atoms with Gasteiger partial charge in [-0.3, -0.25) is 13.7 Å². The Kier molecular flexibility index (Phi) is 8.79. The lowest BCUT2D eigenvalue weighted by Gasteiger charge is -2.42. The number of nitrogens with zero attached hydrogens (tertiary/aromatic N) is 4. The van der Waals surface area contributed by atoms with Crippen molar-refractivity contribution in [2.75, 3.05) is 0 Å². The van der Waals surface area contributed by atoms with Crippen LogP contribution in [0.25, 0.3) is 106 Å². The van der Waals surface area contributed by atoms with Gasteiger partial charge in [0, 0.05) is 39.5 Å². The molecule has 398 valence electrons. The van der Waals surface area contributed by atoms with Crippen LogP contribution in [0.4, 0.5) is 0 Å². The monoisotopic (exact) mass is 1060 g/mol. The van der Waals surface area contributed by atoms with Crippen LogP contribution < -0.4 is 9.30 Å². The average molecular weight is 1070 g/mol. The summed E-state index contributed by atoms with van der Waals surface area (Å²) in [6.07, 6.45) is 7.46. The number of para-hydroxylation sites is 2. The van der Waals surface area contributed by atoms with Gasteiger partial charge < -0.3 is 4.74 Å². The van der Waals surface area contributed by atoms with Crippen LogP contribution in [0.5, 0.6) is 11.5 Å². The first-order valence-electron chi connectivity index (χ1n) is 33.8. The minimum Gasteiger partial charge on any atom is -0.458 e. The lowest BCUT2D eigenvalue weighted by molar-refractivity contribution is -0.570. The largest absolute Gasteiger partial charge is 0.458 e. The molecule has 0 amide bonds. The molecule has 0 fully saturated rings. The standard InChI is InChI=1S/C76H68N4O/c1-46-20-16-21-47(2)70(46)50-38-63-56-27-13-12-26-55(56)61-43-64-65(76(10,11)36-35-75(64,8)9)44-62(61)59-29-19-30-60(71-48(3)22-17-23-49(71)4)72(59)79-45-78(68(39-50)73(63)79)52-24-18-25-53(41-52)81-54-32-33-58-57-28-14-15-31-66(57)80(67(58)42-54)69-40-51(34-37-77-69)74(5,6)7/h12-34,37-44H,35-36H2,1-11H3/i1D3,2D3,3D3,4D3. The highest BCUT2D eigenvalue weighted by atomic mass is 16.5. The third kappa shape index (κ3) is 8.10. The summed E-state index contributed by atoms with van der Waals surface area (Å²) in [5, 5.41) is 2.07. The molecule has 0 atom stereocenters. The molecule has 14 rings (SSSR count). The van der Waals surface area contributed by atoms with E-state index in [2.05, 4.69) is 102 Å². The van der Waals surface area contributed by atoms with Crippen molar-refractivity contribution >= 4 is 32.8 Å². The number of aromatic nitrogens is 4. The van der Waals surface area contributed by atoms with Crippen LogP contribution in [0.15, 0.2) is 188 Å². The molecule has 4 heterocycles. The quantitative estimate of drug-likeness (QED) is 0.123. The van der Waals surface area contributed by atoms with Crippen molar-refractivity contribution < 1.29 is 25.8 Å². The molecular weight excluding hydrogens is 985 g/mol. The van der Waals surface area contributed by atoms with Crippen LogP contribution in [0, 0.1) is 33.7 Å². The molecule has 81 heavy (non-hydrogen) atoms. The Morgan fingerprint density at radius 3 is 1.81 bits per heavy atom. The predicted molar refractivity (Wildman–Crippen MR) is 336 cm³/mol. The second-order valence-corrected chi connectivity index (χ2v) is 24.4. The Bertz CT molecular complexity index is 5000. The molecule has 1 aliphatic heterocycles. The molecule has 0 spiro atoms. The Morgan fingerprint density at radius 2 is 1.11 bits per heavy atom. The van der Waals surface area contributed by atoms with E-state index in [4.69, 9.17) is 26.2 Å². The van der Waals surface area contributed by atoms with E-state index in [1.165, 1.54) is 42.0 Å². The number of ether oxygens (including phenoxy) is 1. The van der Waals surface area contributed by atoms with Crippen LogP contribution >= 0.6 is 0 Å². The van der Waals surface area contributed by atoms with Gasteiger partial charge in [-0.25, -0.2) is 4.98 Å². The number of pyridine rings is 1. The van der Waals surface area contributed by atoms with E-state index in [9.17, 15) is 0 Å². The lowest BCUT2D eigenvalue weighted by atomic mass is 9.62. The first-order chi connectivity index (χ1) is 43.8. The first kappa shape index (κ1) is 38.7. The van der Waals surface area contributed by atoms with E-state index in [0.717, 1.165) is 73.8 Å². The predicted octanol–water partition coefficient (Wildman–Crippen LogP) is 19.5. The third-order valence-corrected chi connectivity index (χ3v) is 17.3. The van der Waals surface area contributed by atoms with Gasteiger partial charge >= 0.3 is 0 Å². The molecule has 5 heteroatoms. The number of aryl methyl sites for hydroxylation is 4. The number of hydrogen-bond acceptors (Lipinski definition) is 2. The highest BCUT2D eigenvalue weighted by molar-refractivity contribution is 6.10. The van der Waals surface area contributed by atoms with Gasteiger partial charge in [0.2, 0.25) is 0 Å². The summed E-state index contributed by atoms with van der Waals surface area (Å²) in [6.45, 7) is 4.50. The molecule has 0 saturated carbocycles. The number of hydrogen-bond donors (Lipinski definition) is 0. The van der Waals surface area contributed by atoms with E-state index >= 15 is 0 Å². The fraction of sp³-hybridized carbons (Fsp3) is 0.211. The number of fused-ring (bicyclic) bond motifs is 11. The molecule has 0 radical (unpaired) electrons. The topological polar surface area (TPSA) is 35.9 Å². The zero-order chi connectivity index (χ0) is 65.9. The number of imidazole rings is 1. The molecule has 12 aromatic rings. The van der Waals surface area contributed by atoms with E-state index in [-0.39, 0.29) is 49.6 Å². The zero-order valence-corrected chi connectivity index (χ0v) is 46.5. The number of benzene rings is 9. The van der Waals surface area contributed by atoms with Crippen molar-refractivity contribution in [2.24, 2.45) is 0 Å². The SMILES string of the molecule is [2H]C([2H])([2H])c1cccc(C([2H])([2H])[2H])c1-c1cc2c3c(c1)n(-c1cccc(Oc4ccc5c6ccccc6n(-c6cc(C(C)(C)C)ccn6)c5c4)c1)[c-][n+]3-c1c(cccc1-c1c(C([2H])([2H])[2H])cccc1C([2H])([2H])[2H])-c1cc3c(cc1-c1ccccc1-2)C(C)(C)CCC3(C)C. The van der Waals surface area contributed by atoms with E-state index in [1.54, 1.807) is 12.1 Å². The maximum atomic E-state index is 9.06. The highest BCUT2D eigenvalue weighted by Crippen LogP contribution is 2.53. The second kappa shape index (κ2) is 18.4. The van der Waals surface area contributed by atoms with Crippen LogP contribution in [0.2, 0.25) is 0 Å². The molecule has 2 aliphatic rings. The van der Waals surface area contributed by atoms with E-state index in [1.807, 2.05) is 106 Å². The smallest absolute Gasteiger partial charge is 0.269 e. The Hall–Kier alpha value is -8.80. The lowest BCUT2D eigenvalue weighted by Crippen LogP contribution is -2.34. The van der Waals surface area contributed by atoms with Crippen molar-refractivity contribution in [3.05, 3.63) is 233 Å². The molecule has 0 bridgehead atoms. The fourth-order valence-electron chi connectivity index (χ4n) is 12.9. The summed E-state index contributed by atoms with van der Waals surface area (Å²) in [4.78, 5) is 4.90. The molecule has 1 aliphatic carbocycles. The maximum Gasteiger partial charge on any atom is 0.269 e. The third-order valence-electron chi connectivity index (χ3n) is 17.3. The van der Waals surface area contributed by atoms with Crippen LogP contribution in [-0.4, -0.2) is 14.1 Å². The van der Waals surface area contributed by atoms with Crippen molar-refractivity contribution in [3.63, 3.8) is 0 Å². The fourth-order valence-corrected chi connectivity index (χ4v) is 12.9. The average Bonchev–Trinajstić information content (AvgIpc) is 1.63. The van der Waals surface area contributed by atoms with E-state index in [0.29, 0.717) is 56.2 Å². The summed E-state index contributed by atoms with van der Waals surface area (Å²) in [7, 11) is 0. The summed E-state index contributed by atoms with van der Waals surface area (Å²) in [5.74, 6) is 1.75. The van der Waals surface area contributed by atoms with Crippen LogP contribution in [-0.2, 0) is 16.2 Å². The van der Waals surface area contributed by atoms with Crippen LogP contribution in [0.3, 0.4) is 0 Å². The minimum absolute atomic E-state index is 0.0325. The highest BCUT2D eigenvalue weighted by Gasteiger charge is 2.39. The molecule has 9 aromatic carbocycles. The summed E-state index contributed by atoms with van der Waals surface area (Å²) >= 11 is 0. The van der Waals surface area contributed by atoms with Gasteiger partial charge in [0.05, 0.1) is 33.4 Å². The molecule has 3 aromatic heterocycles. The van der Waals surface area contributed by atoms with Gasteiger partial charge in [-0.2, -0.15) is 0 Å². The minimum atomic E-state index is -2.78. The van der Waals surface area contributed by atoms with E-state index < -0.39 is 27.4 Å². The van der Waals surface area contributed by atoms with Gasteiger partial charge in [-0.05, 0) is 212 Å². The Balaban J connectivity index is 1.10. The summed E-state index contributed by atoms with van der Waals surface area (Å²) in [6, 6.07) is 56.6. The number of rotatable bonds is 6. The van der Waals surface area contributed by atoms with Gasteiger partial charge in [-0.15, -0.1) is 0 Å². The first-order valence-corrected chi connectivity index (χ1v) is 27.8. The molecule has 0 unspecified atom stereocenters. The van der Waals surface area contributed by atoms with Gasteiger partial charge in [0.1, 0.15) is 17.3 Å². The molecule has 5 nitrogen and oxygen atoms in total. The second-order valence-electron chi connectivity index (χ2n) is 24.4. The van der Waals surface area contributed by atoms with Gasteiger partial charge in [0.25, 0.3) is 6.33 Å². The maximum absolute atomic E-state index is 9.06. The van der Waals surface area contributed by atoms with Crippen molar-refractivity contribution in [3.8, 4) is 84.3 Å². The molecule has 0 saturated heterocycles. The Labute approximate surface area is 493 Å².